The molecule has 0 radical (unpaired) electrons. The highest BCUT2D eigenvalue weighted by Crippen LogP contribution is 2.26. The topological polar surface area (TPSA) is 50.9 Å². The summed E-state index contributed by atoms with van der Waals surface area (Å²) >= 11 is 11.2. The number of thiocarbonyl (C=S) groups is 1. The van der Waals surface area contributed by atoms with Crippen molar-refractivity contribution in [2.45, 2.75) is 26.8 Å². The van der Waals surface area contributed by atoms with Gasteiger partial charge in [0, 0.05) is 28.1 Å². The van der Waals surface area contributed by atoms with E-state index in [4.69, 9.17) is 29.6 Å². The Morgan fingerprint density at radius 1 is 1.33 bits per heavy atom. The average Bonchev–Trinajstić information content (AvgIpc) is 2.37. The summed E-state index contributed by atoms with van der Waals surface area (Å²) in [7, 11) is 0. The summed E-state index contributed by atoms with van der Waals surface area (Å²) in [4.78, 5) is 4.77. The Kier molecular flexibility index (Phi) is 4.80. The second kappa shape index (κ2) is 6.41. The summed E-state index contributed by atoms with van der Waals surface area (Å²) < 4.78 is 0. The van der Waals surface area contributed by atoms with Crippen LogP contribution < -0.4 is 11.1 Å². The molecule has 0 fully saturated rings. The summed E-state index contributed by atoms with van der Waals surface area (Å²) in [5.41, 5.74) is 10.4. The van der Waals surface area contributed by atoms with Crippen molar-refractivity contribution >= 4 is 34.5 Å². The second-order valence-corrected chi connectivity index (χ2v) is 5.93. The number of nitrogens with zero attached hydrogens (tertiary/aromatic N) is 1. The first-order valence-corrected chi connectivity index (χ1v) is 7.47. The minimum atomic E-state index is 0.0815. The second-order valence-electron chi connectivity index (χ2n) is 5.06. The summed E-state index contributed by atoms with van der Waals surface area (Å²) in [6.45, 7) is 5.93. The fourth-order valence-electron chi connectivity index (χ4n) is 2.35. The van der Waals surface area contributed by atoms with E-state index in [1.165, 1.54) is 0 Å². The van der Waals surface area contributed by atoms with Crippen LogP contribution in [0.5, 0.6) is 0 Å². The van der Waals surface area contributed by atoms with Crippen LogP contribution in [0.15, 0.2) is 30.3 Å². The largest absolute Gasteiger partial charge is 0.389 e. The van der Waals surface area contributed by atoms with Gasteiger partial charge in [0.25, 0.3) is 0 Å². The molecule has 0 aliphatic carbocycles. The van der Waals surface area contributed by atoms with Gasteiger partial charge < -0.3 is 11.1 Å². The molecule has 1 heterocycles. The van der Waals surface area contributed by atoms with Crippen LogP contribution in [0, 0.1) is 13.8 Å². The maximum absolute atomic E-state index is 6.05. The van der Waals surface area contributed by atoms with Gasteiger partial charge in [0.1, 0.15) is 4.99 Å². The van der Waals surface area contributed by atoms with Gasteiger partial charge in [-0.3, -0.25) is 4.98 Å². The third kappa shape index (κ3) is 3.71. The number of hydrogen-bond acceptors (Lipinski definition) is 3. The number of nitrogens with one attached hydrogen (secondary N) is 1. The van der Waals surface area contributed by atoms with Gasteiger partial charge >= 0.3 is 0 Å². The van der Waals surface area contributed by atoms with Crippen molar-refractivity contribution in [3.05, 3.63) is 57.9 Å². The smallest absolute Gasteiger partial charge is 0.107 e. The zero-order valence-corrected chi connectivity index (χ0v) is 13.8. The van der Waals surface area contributed by atoms with Crippen LogP contribution in [0.4, 0.5) is 5.69 Å². The molecule has 2 rings (SSSR count). The van der Waals surface area contributed by atoms with Gasteiger partial charge in [-0.2, -0.15) is 0 Å². The quantitative estimate of drug-likeness (QED) is 0.831. The third-order valence-electron chi connectivity index (χ3n) is 3.30. The molecule has 1 aromatic heterocycles. The summed E-state index contributed by atoms with van der Waals surface area (Å²) in [6.07, 6.45) is 0. The number of pyridine rings is 1. The highest BCUT2D eigenvalue weighted by Gasteiger charge is 2.14. The lowest BCUT2D eigenvalue weighted by molar-refractivity contribution is 0.881. The van der Waals surface area contributed by atoms with E-state index in [0.717, 1.165) is 33.2 Å². The lowest BCUT2D eigenvalue weighted by Crippen LogP contribution is -2.18. The van der Waals surface area contributed by atoms with E-state index in [-0.39, 0.29) is 6.04 Å². The van der Waals surface area contributed by atoms with Crippen LogP contribution >= 0.6 is 23.8 Å². The Morgan fingerprint density at radius 3 is 2.67 bits per heavy atom. The molecule has 3 N–H and O–H groups in total. The van der Waals surface area contributed by atoms with Gasteiger partial charge in [0.15, 0.2) is 0 Å². The van der Waals surface area contributed by atoms with E-state index >= 15 is 0 Å². The number of aromatic nitrogens is 1. The highest BCUT2D eigenvalue weighted by molar-refractivity contribution is 7.80. The van der Waals surface area contributed by atoms with E-state index in [1.807, 2.05) is 44.2 Å². The van der Waals surface area contributed by atoms with E-state index in [9.17, 15) is 0 Å². The molecule has 1 aromatic carbocycles. The Morgan fingerprint density at radius 2 is 2.05 bits per heavy atom. The molecule has 21 heavy (non-hydrogen) atoms. The molecule has 0 bridgehead atoms. The lowest BCUT2D eigenvalue weighted by atomic mass is 10.1. The van der Waals surface area contributed by atoms with Crippen molar-refractivity contribution in [1.82, 2.24) is 4.98 Å². The Labute approximate surface area is 135 Å². The SMILES string of the molecule is Cc1cc(NC(C)c2cccc(Cl)c2)c(C(N)=S)c(C)n1. The molecule has 3 nitrogen and oxygen atoms in total. The van der Waals surface area contributed by atoms with Crippen LogP contribution in [-0.4, -0.2) is 9.97 Å². The lowest BCUT2D eigenvalue weighted by Gasteiger charge is -2.20. The molecule has 0 spiro atoms. The Balaban J connectivity index is 2.37. The van der Waals surface area contributed by atoms with Gasteiger partial charge in [-0.05, 0) is 44.5 Å². The van der Waals surface area contributed by atoms with Gasteiger partial charge in [-0.15, -0.1) is 0 Å². The number of benzene rings is 1. The zero-order chi connectivity index (χ0) is 15.6. The van der Waals surface area contributed by atoms with E-state index < -0.39 is 0 Å². The summed E-state index contributed by atoms with van der Waals surface area (Å²) in [5, 5.41) is 4.17. The minimum Gasteiger partial charge on any atom is -0.389 e. The summed E-state index contributed by atoms with van der Waals surface area (Å²) in [5.74, 6) is 0. The van der Waals surface area contributed by atoms with Crippen LogP contribution in [0.3, 0.4) is 0 Å². The van der Waals surface area contributed by atoms with E-state index in [2.05, 4.69) is 17.2 Å². The molecule has 0 saturated carbocycles. The minimum absolute atomic E-state index is 0.0815. The predicted molar refractivity (Wildman–Crippen MR) is 93.1 cm³/mol. The molecular weight excluding hydrogens is 302 g/mol. The molecule has 110 valence electrons. The fourth-order valence-corrected chi connectivity index (χ4v) is 2.80. The number of nitrogens with two attached hydrogens (primary N) is 1. The van der Waals surface area contributed by atoms with Crippen LogP contribution in [0.25, 0.3) is 0 Å². The average molecular weight is 320 g/mol. The number of hydrogen-bond donors (Lipinski definition) is 2. The number of halogens is 1. The predicted octanol–water partition coefficient (Wildman–Crippen LogP) is 4.16. The first-order valence-electron chi connectivity index (χ1n) is 6.68. The molecule has 2 aromatic rings. The molecule has 5 heteroatoms. The van der Waals surface area contributed by atoms with Crippen molar-refractivity contribution in [2.75, 3.05) is 5.32 Å². The number of rotatable bonds is 4. The molecule has 0 aliphatic rings. The molecular formula is C16H18ClN3S. The molecule has 1 unspecified atom stereocenters. The maximum Gasteiger partial charge on any atom is 0.107 e. The van der Waals surface area contributed by atoms with Crippen LogP contribution in [-0.2, 0) is 0 Å². The monoisotopic (exact) mass is 319 g/mol. The fraction of sp³-hybridized carbons (Fsp3) is 0.250. The van der Waals surface area contributed by atoms with Crippen molar-refractivity contribution in [3.8, 4) is 0 Å². The van der Waals surface area contributed by atoms with Crippen molar-refractivity contribution in [1.29, 1.82) is 0 Å². The Bertz CT molecular complexity index is 685. The van der Waals surface area contributed by atoms with Crippen molar-refractivity contribution in [2.24, 2.45) is 5.73 Å². The number of aryl methyl sites for hydroxylation is 2. The summed E-state index contributed by atoms with van der Waals surface area (Å²) in [6, 6.07) is 9.82. The van der Waals surface area contributed by atoms with E-state index in [1.54, 1.807) is 0 Å². The number of anilines is 1. The normalized spacial score (nSPS) is 12.0. The Hall–Kier alpha value is -1.65. The standard InChI is InChI=1S/C16H18ClN3S/c1-9-7-14(15(16(18)21)11(3)19-9)20-10(2)12-5-4-6-13(17)8-12/h4-8,10H,1-3H3,(H2,18,21)(H,19,20). The highest BCUT2D eigenvalue weighted by atomic mass is 35.5. The van der Waals surface area contributed by atoms with Crippen LogP contribution in [0.1, 0.15) is 35.5 Å². The first-order chi connectivity index (χ1) is 9.88. The molecule has 0 saturated heterocycles. The molecule has 0 amide bonds. The first kappa shape index (κ1) is 15.7. The van der Waals surface area contributed by atoms with Crippen molar-refractivity contribution in [3.63, 3.8) is 0 Å². The van der Waals surface area contributed by atoms with Gasteiger partial charge in [-0.1, -0.05) is 36.0 Å². The van der Waals surface area contributed by atoms with Gasteiger partial charge in [-0.25, -0.2) is 0 Å². The van der Waals surface area contributed by atoms with Gasteiger partial charge in [0.2, 0.25) is 0 Å². The third-order valence-corrected chi connectivity index (χ3v) is 3.73. The van der Waals surface area contributed by atoms with E-state index in [0.29, 0.717) is 4.99 Å². The van der Waals surface area contributed by atoms with Crippen LogP contribution in [0.2, 0.25) is 5.02 Å². The van der Waals surface area contributed by atoms with Gasteiger partial charge in [0.05, 0.1) is 5.56 Å². The maximum atomic E-state index is 6.05. The van der Waals surface area contributed by atoms with Crippen molar-refractivity contribution < 1.29 is 0 Å². The molecule has 0 aliphatic heterocycles. The molecule has 1 atom stereocenters. The zero-order valence-electron chi connectivity index (χ0n) is 12.3.